The van der Waals surface area contributed by atoms with Gasteiger partial charge in [0.05, 0.1) is 5.02 Å². The highest BCUT2D eigenvalue weighted by Gasteiger charge is 2.05. The Bertz CT molecular complexity index is 439. The number of hydrogen-bond donors (Lipinski definition) is 1. The van der Waals surface area contributed by atoms with Crippen LogP contribution in [0.3, 0.4) is 0 Å². The van der Waals surface area contributed by atoms with Crippen LogP contribution in [0.25, 0.3) is 11.1 Å². The van der Waals surface area contributed by atoms with Crippen LogP contribution in [0.1, 0.15) is 5.56 Å². The number of nitrogens with zero attached hydrogens (tertiary/aromatic N) is 1. The zero-order chi connectivity index (χ0) is 9.97. The Morgan fingerprint density at radius 1 is 1.50 bits per heavy atom. The summed E-state index contributed by atoms with van der Waals surface area (Å²) in [6.45, 7) is 0.930. The predicted molar refractivity (Wildman–Crippen MR) is 56.6 cm³/mol. The highest BCUT2D eigenvalue weighted by Crippen LogP contribution is 2.24. The Hall–Kier alpha value is -1.06. The molecule has 0 spiro atoms. The maximum Gasteiger partial charge on any atom is 0.182 e. The molecule has 4 heteroatoms. The van der Waals surface area contributed by atoms with Crippen LogP contribution in [0.2, 0.25) is 5.02 Å². The first-order valence-corrected chi connectivity index (χ1v) is 4.85. The van der Waals surface area contributed by atoms with E-state index in [4.69, 9.17) is 16.0 Å². The summed E-state index contributed by atoms with van der Waals surface area (Å²) in [5.74, 6) is 0. The molecule has 0 bridgehead atoms. The van der Waals surface area contributed by atoms with E-state index in [0.717, 1.165) is 18.5 Å². The van der Waals surface area contributed by atoms with Crippen LogP contribution in [0.5, 0.6) is 0 Å². The highest BCUT2D eigenvalue weighted by atomic mass is 35.5. The van der Waals surface area contributed by atoms with Crippen LogP contribution in [-0.2, 0) is 6.42 Å². The van der Waals surface area contributed by atoms with E-state index in [-0.39, 0.29) is 0 Å². The number of aromatic nitrogens is 1. The molecule has 2 aromatic rings. The lowest BCUT2D eigenvalue weighted by atomic mass is 10.1. The maximum absolute atomic E-state index is 6.03. The third-order valence-electron chi connectivity index (χ3n) is 2.11. The minimum atomic E-state index is 0.631. The molecule has 0 aliphatic carbocycles. The Kier molecular flexibility index (Phi) is 2.70. The molecule has 0 atom stereocenters. The van der Waals surface area contributed by atoms with E-state index in [9.17, 15) is 0 Å². The summed E-state index contributed by atoms with van der Waals surface area (Å²) >= 11 is 6.03. The van der Waals surface area contributed by atoms with Gasteiger partial charge in [-0.3, -0.25) is 0 Å². The van der Waals surface area contributed by atoms with Crippen molar-refractivity contribution in [3.8, 4) is 0 Å². The third kappa shape index (κ3) is 1.74. The van der Waals surface area contributed by atoms with Crippen LogP contribution in [-0.4, -0.2) is 18.6 Å². The monoisotopic (exact) mass is 210 g/mol. The van der Waals surface area contributed by atoms with Crippen LogP contribution >= 0.6 is 11.6 Å². The molecule has 1 N–H and O–H groups in total. The largest absolute Gasteiger partial charge is 0.442 e. The smallest absolute Gasteiger partial charge is 0.182 e. The lowest BCUT2D eigenvalue weighted by molar-refractivity contribution is 0.602. The second-order valence-corrected chi connectivity index (χ2v) is 3.54. The third-order valence-corrected chi connectivity index (χ3v) is 2.39. The van der Waals surface area contributed by atoms with Crippen molar-refractivity contribution in [2.75, 3.05) is 13.6 Å². The maximum atomic E-state index is 6.03. The number of benzene rings is 1. The number of halogens is 1. The Labute approximate surface area is 87.1 Å². The van der Waals surface area contributed by atoms with Crippen LogP contribution in [0.15, 0.2) is 22.9 Å². The molecule has 14 heavy (non-hydrogen) atoms. The van der Waals surface area contributed by atoms with Gasteiger partial charge < -0.3 is 9.73 Å². The Morgan fingerprint density at radius 2 is 2.36 bits per heavy atom. The average molecular weight is 211 g/mol. The quantitative estimate of drug-likeness (QED) is 0.845. The number of oxazole rings is 1. The van der Waals surface area contributed by atoms with E-state index in [1.54, 1.807) is 0 Å². The van der Waals surface area contributed by atoms with E-state index < -0.39 is 0 Å². The fourth-order valence-corrected chi connectivity index (χ4v) is 1.68. The molecule has 1 aromatic carbocycles. The van der Waals surface area contributed by atoms with E-state index in [2.05, 4.69) is 10.3 Å². The summed E-state index contributed by atoms with van der Waals surface area (Å²) < 4.78 is 5.15. The first-order valence-electron chi connectivity index (χ1n) is 4.47. The van der Waals surface area contributed by atoms with Gasteiger partial charge in [-0.15, -0.1) is 0 Å². The molecule has 74 valence electrons. The first kappa shape index (κ1) is 9.49. The molecule has 0 aliphatic rings. The normalized spacial score (nSPS) is 11.0. The van der Waals surface area contributed by atoms with E-state index in [1.807, 2.05) is 19.2 Å². The van der Waals surface area contributed by atoms with Gasteiger partial charge in [-0.1, -0.05) is 11.6 Å². The first-order chi connectivity index (χ1) is 6.81. The molecule has 1 heterocycles. The van der Waals surface area contributed by atoms with E-state index in [0.29, 0.717) is 10.6 Å². The second-order valence-electron chi connectivity index (χ2n) is 3.13. The summed E-state index contributed by atoms with van der Waals surface area (Å²) in [6, 6.07) is 3.93. The van der Waals surface area contributed by atoms with Gasteiger partial charge in [0.25, 0.3) is 0 Å². The molecule has 0 saturated heterocycles. The van der Waals surface area contributed by atoms with Crippen molar-refractivity contribution in [2.24, 2.45) is 0 Å². The molecule has 0 saturated carbocycles. The molecule has 0 aliphatic heterocycles. The summed E-state index contributed by atoms with van der Waals surface area (Å²) in [5.41, 5.74) is 2.66. The van der Waals surface area contributed by atoms with Crippen molar-refractivity contribution in [3.05, 3.63) is 29.1 Å². The molecular weight excluding hydrogens is 200 g/mol. The van der Waals surface area contributed by atoms with Crippen molar-refractivity contribution < 1.29 is 4.42 Å². The van der Waals surface area contributed by atoms with Crippen LogP contribution < -0.4 is 5.32 Å². The number of fused-ring (bicyclic) bond motifs is 1. The summed E-state index contributed by atoms with van der Waals surface area (Å²) in [7, 11) is 1.93. The minimum Gasteiger partial charge on any atom is -0.442 e. The summed E-state index contributed by atoms with van der Waals surface area (Å²) in [6.07, 6.45) is 2.36. The number of hydrogen-bond acceptors (Lipinski definition) is 3. The minimum absolute atomic E-state index is 0.631. The summed E-state index contributed by atoms with van der Waals surface area (Å²) in [5, 5.41) is 3.72. The average Bonchev–Trinajstić information content (AvgIpc) is 2.63. The van der Waals surface area contributed by atoms with Crippen molar-refractivity contribution in [1.82, 2.24) is 10.3 Å². The van der Waals surface area contributed by atoms with Gasteiger partial charge in [-0.05, 0) is 37.7 Å². The van der Waals surface area contributed by atoms with Crippen molar-refractivity contribution >= 4 is 22.7 Å². The van der Waals surface area contributed by atoms with Crippen molar-refractivity contribution in [3.63, 3.8) is 0 Å². The van der Waals surface area contributed by atoms with Crippen molar-refractivity contribution in [1.29, 1.82) is 0 Å². The topological polar surface area (TPSA) is 38.1 Å². The van der Waals surface area contributed by atoms with E-state index in [1.165, 1.54) is 12.0 Å². The zero-order valence-corrected chi connectivity index (χ0v) is 8.64. The van der Waals surface area contributed by atoms with Gasteiger partial charge >= 0.3 is 0 Å². The highest BCUT2D eigenvalue weighted by molar-refractivity contribution is 6.34. The van der Waals surface area contributed by atoms with Gasteiger partial charge in [-0.25, -0.2) is 4.98 Å². The van der Waals surface area contributed by atoms with Gasteiger partial charge in [0.2, 0.25) is 0 Å². The fourth-order valence-electron chi connectivity index (χ4n) is 1.40. The van der Waals surface area contributed by atoms with Gasteiger partial charge in [0, 0.05) is 0 Å². The molecule has 0 radical (unpaired) electrons. The molecular formula is C10H11ClN2O. The second kappa shape index (κ2) is 3.98. The standard InChI is InChI=1S/C10H11ClN2O/c1-12-3-2-7-4-8(11)10-9(5-7)13-6-14-10/h4-6,12H,2-3H2,1H3. The molecule has 0 fully saturated rings. The zero-order valence-electron chi connectivity index (χ0n) is 7.88. The SMILES string of the molecule is CNCCc1cc(Cl)c2ocnc2c1. The van der Waals surface area contributed by atoms with Gasteiger partial charge in [-0.2, -0.15) is 0 Å². The Balaban J connectivity index is 2.38. The molecule has 3 nitrogen and oxygen atoms in total. The molecule has 0 amide bonds. The van der Waals surface area contributed by atoms with Gasteiger partial charge in [0.1, 0.15) is 5.52 Å². The van der Waals surface area contributed by atoms with Gasteiger partial charge in [0.15, 0.2) is 12.0 Å². The lowest BCUT2D eigenvalue weighted by Crippen LogP contribution is -2.10. The van der Waals surface area contributed by atoms with Crippen LogP contribution in [0, 0.1) is 0 Å². The van der Waals surface area contributed by atoms with Crippen LogP contribution in [0.4, 0.5) is 0 Å². The number of likely N-dealkylation sites (N-methyl/N-ethyl adjacent to an activating group) is 1. The lowest BCUT2D eigenvalue weighted by Gasteiger charge is -2.01. The molecule has 1 aromatic heterocycles. The fraction of sp³-hybridized carbons (Fsp3) is 0.300. The van der Waals surface area contributed by atoms with E-state index >= 15 is 0 Å². The predicted octanol–water partition coefficient (Wildman–Crippen LogP) is 2.24. The molecule has 0 unspecified atom stereocenters. The van der Waals surface area contributed by atoms with Crippen molar-refractivity contribution in [2.45, 2.75) is 6.42 Å². The number of rotatable bonds is 3. The number of nitrogens with one attached hydrogen (secondary N) is 1. The summed E-state index contributed by atoms with van der Waals surface area (Å²) in [4.78, 5) is 4.08. The molecule has 2 rings (SSSR count). The Morgan fingerprint density at radius 3 is 3.14 bits per heavy atom.